The Hall–Kier alpha value is -1.27. The molecule has 0 radical (unpaired) electrons. The Morgan fingerprint density at radius 2 is 1.89 bits per heavy atom. The van der Waals surface area contributed by atoms with Crippen molar-refractivity contribution in [3.8, 4) is 0 Å². The summed E-state index contributed by atoms with van der Waals surface area (Å²) in [4.78, 5) is 23.5. The molecule has 7 heteroatoms. The van der Waals surface area contributed by atoms with E-state index in [0.717, 1.165) is 4.88 Å². The first-order valence-corrected chi connectivity index (χ1v) is 7.05. The topological polar surface area (TPSA) is 78.4 Å². The SMILES string of the molecule is CC(NC(=O)NC(C)C(C)C(=O)O)c1ccc(Cl)s1. The highest BCUT2D eigenvalue weighted by Crippen LogP contribution is 2.26. The predicted molar refractivity (Wildman–Crippen MR) is 75.7 cm³/mol. The Bertz CT molecular complexity index is 464. The molecule has 0 fully saturated rings. The largest absolute Gasteiger partial charge is 0.481 e. The number of hydrogen-bond donors (Lipinski definition) is 3. The van der Waals surface area contributed by atoms with E-state index in [4.69, 9.17) is 16.7 Å². The summed E-state index contributed by atoms with van der Waals surface area (Å²) in [6.07, 6.45) is 0. The van der Waals surface area contributed by atoms with Crippen molar-refractivity contribution in [3.05, 3.63) is 21.3 Å². The van der Waals surface area contributed by atoms with E-state index in [-0.39, 0.29) is 6.04 Å². The molecule has 1 aromatic rings. The number of carboxylic acid groups (broad SMARTS) is 1. The molecule has 1 aromatic heterocycles. The van der Waals surface area contributed by atoms with Gasteiger partial charge in [-0.1, -0.05) is 11.6 Å². The van der Waals surface area contributed by atoms with Crippen LogP contribution in [0.5, 0.6) is 0 Å². The van der Waals surface area contributed by atoms with Gasteiger partial charge in [0.15, 0.2) is 0 Å². The second kappa shape index (κ2) is 6.77. The molecule has 0 spiro atoms. The number of nitrogens with one attached hydrogen (secondary N) is 2. The molecular formula is C12H17ClN2O3S. The maximum Gasteiger partial charge on any atom is 0.315 e. The Kier molecular flexibility index (Phi) is 5.62. The molecule has 3 atom stereocenters. The highest BCUT2D eigenvalue weighted by molar-refractivity contribution is 7.16. The minimum Gasteiger partial charge on any atom is -0.481 e. The summed E-state index contributed by atoms with van der Waals surface area (Å²) in [6, 6.07) is 2.60. The summed E-state index contributed by atoms with van der Waals surface area (Å²) in [5.41, 5.74) is 0. The molecule has 3 N–H and O–H groups in total. The lowest BCUT2D eigenvalue weighted by molar-refractivity contribution is -0.141. The van der Waals surface area contributed by atoms with Crippen LogP contribution in [0.4, 0.5) is 4.79 Å². The Morgan fingerprint density at radius 3 is 2.37 bits per heavy atom. The maximum absolute atomic E-state index is 11.7. The number of carbonyl (C=O) groups excluding carboxylic acids is 1. The number of halogens is 1. The van der Waals surface area contributed by atoms with Crippen molar-refractivity contribution >= 4 is 34.9 Å². The molecule has 0 saturated heterocycles. The van der Waals surface area contributed by atoms with Crippen LogP contribution < -0.4 is 10.6 Å². The van der Waals surface area contributed by atoms with Gasteiger partial charge in [0.05, 0.1) is 16.3 Å². The van der Waals surface area contributed by atoms with Gasteiger partial charge in [-0.15, -0.1) is 11.3 Å². The van der Waals surface area contributed by atoms with E-state index in [2.05, 4.69) is 10.6 Å². The predicted octanol–water partition coefficient (Wildman–Crippen LogP) is 2.87. The summed E-state index contributed by atoms with van der Waals surface area (Å²) < 4.78 is 0.664. The Morgan fingerprint density at radius 1 is 1.26 bits per heavy atom. The fourth-order valence-corrected chi connectivity index (χ4v) is 2.48. The first-order chi connectivity index (χ1) is 8.81. The Labute approximate surface area is 121 Å². The molecule has 0 aromatic carbocycles. The molecule has 5 nitrogen and oxygen atoms in total. The number of aliphatic carboxylic acids is 1. The van der Waals surface area contributed by atoms with Crippen LogP contribution in [0, 0.1) is 5.92 Å². The van der Waals surface area contributed by atoms with Gasteiger partial charge >= 0.3 is 12.0 Å². The van der Waals surface area contributed by atoms with Crippen LogP contribution in [0.1, 0.15) is 31.7 Å². The monoisotopic (exact) mass is 304 g/mol. The third-order valence-corrected chi connectivity index (χ3v) is 4.28. The van der Waals surface area contributed by atoms with Gasteiger partial charge in [-0.05, 0) is 32.9 Å². The van der Waals surface area contributed by atoms with E-state index in [1.54, 1.807) is 19.9 Å². The number of hydrogen-bond acceptors (Lipinski definition) is 3. The van der Waals surface area contributed by atoms with Gasteiger partial charge in [-0.3, -0.25) is 4.79 Å². The van der Waals surface area contributed by atoms with Crippen LogP contribution in [0.3, 0.4) is 0 Å². The number of rotatable bonds is 5. The highest BCUT2D eigenvalue weighted by atomic mass is 35.5. The summed E-state index contributed by atoms with van der Waals surface area (Å²) in [5.74, 6) is -1.58. The summed E-state index contributed by atoms with van der Waals surface area (Å²) >= 11 is 7.22. The quantitative estimate of drug-likeness (QED) is 0.782. The van der Waals surface area contributed by atoms with E-state index in [1.807, 2.05) is 13.0 Å². The number of thiophene rings is 1. The number of carboxylic acids is 1. The van der Waals surface area contributed by atoms with Crippen LogP contribution in [-0.2, 0) is 4.79 Å². The molecule has 19 heavy (non-hydrogen) atoms. The van der Waals surface area contributed by atoms with Gasteiger partial charge in [0.1, 0.15) is 0 Å². The molecule has 1 rings (SSSR count). The van der Waals surface area contributed by atoms with Crippen molar-refractivity contribution in [1.29, 1.82) is 0 Å². The zero-order chi connectivity index (χ0) is 14.6. The molecule has 0 aliphatic rings. The van der Waals surface area contributed by atoms with E-state index in [1.165, 1.54) is 11.3 Å². The van der Waals surface area contributed by atoms with Gasteiger partial charge in [0.2, 0.25) is 0 Å². The number of carbonyl (C=O) groups is 2. The van der Waals surface area contributed by atoms with E-state index in [9.17, 15) is 9.59 Å². The van der Waals surface area contributed by atoms with Crippen molar-refractivity contribution in [2.24, 2.45) is 5.92 Å². The smallest absolute Gasteiger partial charge is 0.315 e. The molecule has 0 bridgehead atoms. The fourth-order valence-electron chi connectivity index (χ4n) is 1.42. The number of urea groups is 1. The van der Waals surface area contributed by atoms with Crippen molar-refractivity contribution in [2.75, 3.05) is 0 Å². The molecule has 0 aliphatic carbocycles. The van der Waals surface area contributed by atoms with Gasteiger partial charge in [-0.25, -0.2) is 4.79 Å². The maximum atomic E-state index is 11.7. The van der Waals surface area contributed by atoms with E-state index < -0.39 is 24.0 Å². The van der Waals surface area contributed by atoms with Crippen molar-refractivity contribution in [2.45, 2.75) is 32.9 Å². The third-order valence-electron chi connectivity index (χ3n) is 2.87. The zero-order valence-electron chi connectivity index (χ0n) is 10.9. The fraction of sp³-hybridized carbons (Fsp3) is 0.500. The average molecular weight is 305 g/mol. The lowest BCUT2D eigenvalue weighted by Gasteiger charge is -2.20. The minimum atomic E-state index is -0.939. The molecule has 1 heterocycles. The van der Waals surface area contributed by atoms with Crippen molar-refractivity contribution in [1.82, 2.24) is 10.6 Å². The lowest BCUT2D eigenvalue weighted by Crippen LogP contribution is -2.45. The molecule has 0 aliphatic heterocycles. The normalized spacial score (nSPS) is 15.4. The zero-order valence-corrected chi connectivity index (χ0v) is 12.5. The summed E-state index contributed by atoms with van der Waals surface area (Å²) in [5, 5.41) is 14.2. The van der Waals surface area contributed by atoms with Crippen molar-refractivity contribution in [3.63, 3.8) is 0 Å². The first kappa shape index (κ1) is 15.8. The van der Waals surface area contributed by atoms with Crippen LogP contribution in [-0.4, -0.2) is 23.1 Å². The standard InChI is InChI=1S/C12H17ClN2O3S/c1-6(11(16)17)7(2)14-12(18)15-8(3)9-4-5-10(13)19-9/h4-8H,1-3H3,(H,16,17)(H2,14,15,18). The van der Waals surface area contributed by atoms with Gasteiger partial charge in [0, 0.05) is 10.9 Å². The summed E-state index contributed by atoms with van der Waals surface area (Å²) in [7, 11) is 0. The molecular weight excluding hydrogens is 288 g/mol. The molecule has 0 saturated carbocycles. The summed E-state index contributed by atoms with van der Waals surface area (Å²) in [6.45, 7) is 5.05. The Balaban J connectivity index is 2.49. The lowest BCUT2D eigenvalue weighted by atomic mass is 10.0. The number of amides is 2. The molecule has 3 unspecified atom stereocenters. The van der Waals surface area contributed by atoms with Crippen molar-refractivity contribution < 1.29 is 14.7 Å². The third kappa shape index (κ3) is 4.72. The first-order valence-electron chi connectivity index (χ1n) is 5.86. The van der Waals surface area contributed by atoms with Gasteiger partial charge < -0.3 is 15.7 Å². The van der Waals surface area contributed by atoms with Crippen LogP contribution in [0.15, 0.2) is 12.1 Å². The van der Waals surface area contributed by atoms with Crippen LogP contribution in [0.25, 0.3) is 0 Å². The molecule has 2 amide bonds. The highest BCUT2D eigenvalue weighted by Gasteiger charge is 2.21. The second-order valence-corrected chi connectivity index (χ2v) is 6.14. The average Bonchev–Trinajstić information content (AvgIpc) is 2.74. The van der Waals surface area contributed by atoms with E-state index >= 15 is 0 Å². The molecule has 106 valence electrons. The second-order valence-electron chi connectivity index (χ2n) is 4.40. The van der Waals surface area contributed by atoms with Gasteiger partial charge in [-0.2, -0.15) is 0 Å². The van der Waals surface area contributed by atoms with Crippen LogP contribution in [0.2, 0.25) is 4.34 Å². The van der Waals surface area contributed by atoms with Gasteiger partial charge in [0.25, 0.3) is 0 Å². The minimum absolute atomic E-state index is 0.176. The van der Waals surface area contributed by atoms with E-state index in [0.29, 0.717) is 4.34 Å². The van der Waals surface area contributed by atoms with Crippen LogP contribution >= 0.6 is 22.9 Å².